The molecule has 2 aromatic carbocycles. The van der Waals surface area contributed by atoms with Crippen molar-refractivity contribution in [3.05, 3.63) is 71.8 Å². The number of hydrogen-bond donors (Lipinski definition) is 1. The molecular formula is C23H31N3O. The summed E-state index contributed by atoms with van der Waals surface area (Å²) in [6, 6.07) is 21.7. The topological polar surface area (TPSA) is 35.6 Å². The number of carbonyl (C=O) groups is 1. The summed E-state index contributed by atoms with van der Waals surface area (Å²) in [5.74, 6) is 0.152. The Morgan fingerprint density at radius 2 is 1.48 bits per heavy atom. The first kappa shape index (κ1) is 19.6. The van der Waals surface area contributed by atoms with Crippen LogP contribution in [0.2, 0.25) is 0 Å². The molecule has 0 aliphatic carbocycles. The molecule has 0 saturated carbocycles. The predicted molar refractivity (Wildman–Crippen MR) is 111 cm³/mol. The predicted octanol–water partition coefficient (Wildman–Crippen LogP) is 3.31. The number of unbranched alkanes of at least 4 members (excludes halogenated alkanes) is 1. The highest BCUT2D eigenvalue weighted by Gasteiger charge is 2.26. The molecule has 0 radical (unpaired) electrons. The van der Waals surface area contributed by atoms with E-state index in [1.54, 1.807) is 0 Å². The van der Waals surface area contributed by atoms with Crippen LogP contribution in [0.4, 0.5) is 0 Å². The van der Waals surface area contributed by atoms with E-state index in [1.165, 1.54) is 11.1 Å². The Morgan fingerprint density at radius 3 is 2.00 bits per heavy atom. The number of benzene rings is 2. The number of carbonyl (C=O) groups excluding carboxylic acids is 1. The molecule has 3 rings (SSSR count). The van der Waals surface area contributed by atoms with Gasteiger partial charge in [-0.3, -0.25) is 14.6 Å². The smallest absolute Gasteiger partial charge is 0.234 e. The first-order valence-electron chi connectivity index (χ1n) is 10.1. The molecule has 0 aromatic heterocycles. The van der Waals surface area contributed by atoms with Crippen molar-refractivity contribution in [2.45, 2.75) is 25.8 Å². The zero-order valence-electron chi connectivity index (χ0n) is 16.3. The number of hydrogen-bond acceptors (Lipinski definition) is 3. The number of amides is 1. The van der Waals surface area contributed by atoms with Gasteiger partial charge in [-0.25, -0.2) is 0 Å². The fourth-order valence-corrected chi connectivity index (χ4v) is 3.73. The van der Waals surface area contributed by atoms with Crippen molar-refractivity contribution < 1.29 is 4.79 Å². The van der Waals surface area contributed by atoms with E-state index in [2.05, 4.69) is 82.7 Å². The zero-order chi connectivity index (χ0) is 18.9. The molecule has 1 heterocycles. The molecule has 1 aliphatic heterocycles. The van der Waals surface area contributed by atoms with Crippen LogP contribution in [0.25, 0.3) is 0 Å². The summed E-state index contributed by atoms with van der Waals surface area (Å²) in [6.45, 7) is 7.24. The average molecular weight is 366 g/mol. The summed E-state index contributed by atoms with van der Waals surface area (Å²) in [5.41, 5.74) is 2.66. The minimum atomic E-state index is 0.152. The summed E-state index contributed by atoms with van der Waals surface area (Å²) in [4.78, 5) is 16.9. The molecule has 27 heavy (non-hydrogen) atoms. The molecule has 1 saturated heterocycles. The lowest BCUT2D eigenvalue weighted by Gasteiger charge is -2.39. The van der Waals surface area contributed by atoms with Crippen LogP contribution in [0.5, 0.6) is 0 Å². The van der Waals surface area contributed by atoms with E-state index in [1.807, 2.05) is 0 Å². The Labute approximate surface area is 163 Å². The van der Waals surface area contributed by atoms with Crippen LogP contribution in [0, 0.1) is 0 Å². The third-order valence-electron chi connectivity index (χ3n) is 5.22. The van der Waals surface area contributed by atoms with Gasteiger partial charge in [0.05, 0.1) is 12.6 Å². The molecule has 1 N–H and O–H groups in total. The van der Waals surface area contributed by atoms with Crippen LogP contribution in [-0.4, -0.2) is 55.0 Å². The maximum absolute atomic E-state index is 12.1. The minimum absolute atomic E-state index is 0.152. The summed E-state index contributed by atoms with van der Waals surface area (Å²) < 4.78 is 0. The van der Waals surface area contributed by atoms with Crippen molar-refractivity contribution in [3.63, 3.8) is 0 Å². The highest BCUT2D eigenvalue weighted by molar-refractivity contribution is 5.77. The van der Waals surface area contributed by atoms with Gasteiger partial charge in [-0.15, -0.1) is 0 Å². The monoisotopic (exact) mass is 365 g/mol. The average Bonchev–Trinajstić information content (AvgIpc) is 2.71. The molecule has 4 nitrogen and oxygen atoms in total. The van der Waals surface area contributed by atoms with E-state index in [0.717, 1.165) is 45.6 Å². The molecule has 0 unspecified atom stereocenters. The van der Waals surface area contributed by atoms with E-state index in [4.69, 9.17) is 0 Å². The lowest BCUT2D eigenvalue weighted by Crippen LogP contribution is -2.50. The van der Waals surface area contributed by atoms with Crippen molar-refractivity contribution in [1.29, 1.82) is 0 Å². The molecule has 0 atom stereocenters. The van der Waals surface area contributed by atoms with Gasteiger partial charge in [0, 0.05) is 32.7 Å². The quantitative estimate of drug-likeness (QED) is 0.729. The third kappa shape index (κ3) is 5.65. The fourth-order valence-electron chi connectivity index (χ4n) is 3.73. The third-order valence-corrected chi connectivity index (χ3v) is 5.22. The van der Waals surface area contributed by atoms with Crippen LogP contribution in [0.1, 0.15) is 36.9 Å². The van der Waals surface area contributed by atoms with Crippen LogP contribution < -0.4 is 5.32 Å². The van der Waals surface area contributed by atoms with E-state index in [-0.39, 0.29) is 11.9 Å². The Morgan fingerprint density at radius 1 is 0.926 bits per heavy atom. The molecule has 1 fully saturated rings. The van der Waals surface area contributed by atoms with Crippen molar-refractivity contribution >= 4 is 5.91 Å². The molecule has 144 valence electrons. The fraction of sp³-hybridized carbons (Fsp3) is 0.435. The van der Waals surface area contributed by atoms with Gasteiger partial charge >= 0.3 is 0 Å². The Hall–Kier alpha value is -2.17. The SMILES string of the molecule is CCCCNC(=O)CN1CCN(C(c2ccccc2)c2ccccc2)CC1. The number of piperazine rings is 1. The lowest BCUT2D eigenvalue weighted by atomic mass is 9.96. The highest BCUT2D eigenvalue weighted by Crippen LogP contribution is 2.29. The summed E-state index contributed by atoms with van der Waals surface area (Å²) in [6.07, 6.45) is 2.16. The molecule has 4 heteroatoms. The van der Waals surface area contributed by atoms with Crippen molar-refractivity contribution in [1.82, 2.24) is 15.1 Å². The number of nitrogens with one attached hydrogen (secondary N) is 1. The van der Waals surface area contributed by atoms with Gasteiger partial charge in [-0.05, 0) is 17.5 Å². The van der Waals surface area contributed by atoms with Gasteiger partial charge < -0.3 is 5.32 Å². The first-order chi connectivity index (χ1) is 13.3. The maximum atomic E-state index is 12.1. The molecule has 0 bridgehead atoms. The molecular weight excluding hydrogens is 334 g/mol. The van der Waals surface area contributed by atoms with E-state index in [0.29, 0.717) is 6.54 Å². The number of nitrogens with zero attached hydrogens (tertiary/aromatic N) is 2. The Bertz CT molecular complexity index is 642. The highest BCUT2D eigenvalue weighted by atomic mass is 16.2. The van der Waals surface area contributed by atoms with Crippen molar-refractivity contribution in [3.8, 4) is 0 Å². The van der Waals surface area contributed by atoms with Crippen LogP contribution in [-0.2, 0) is 4.79 Å². The van der Waals surface area contributed by atoms with Gasteiger partial charge in [-0.1, -0.05) is 74.0 Å². The summed E-state index contributed by atoms with van der Waals surface area (Å²) in [5, 5.41) is 3.02. The van der Waals surface area contributed by atoms with Crippen LogP contribution in [0.3, 0.4) is 0 Å². The van der Waals surface area contributed by atoms with Crippen molar-refractivity contribution in [2.75, 3.05) is 39.3 Å². The number of rotatable bonds is 8. The lowest BCUT2D eigenvalue weighted by molar-refractivity contribution is -0.122. The maximum Gasteiger partial charge on any atom is 0.234 e. The van der Waals surface area contributed by atoms with Gasteiger partial charge in [0.1, 0.15) is 0 Å². The van der Waals surface area contributed by atoms with Crippen LogP contribution in [0.15, 0.2) is 60.7 Å². The second kappa shape index (κ2) is 10.2. The zero-order valence-corrected chi connectivity index (χ0v) is 16.3. The normalized spacial score (nSPS) is 15.8. The summed E-state index contributed by atoms with van der Waals surface area (Å²) in [7, 11) is 0. The standard InChI is InChI=1S/C23H31N3O/c1-2-3-14-24-22(27)19-25-15-17-26(18-16-25)23(20-10-6-4-7-11-20)21-12-8-5-9-13-21/h4-13,23H,2-3,14-19H2,1H3,(H,24,27). The van der Waals surface area contributed by atoms with E-state index in [9.17, 15) is 4.79 Å². The Kier molecular flexibility index (Phi) is 7.43. The van der Waals surface area contributed by atoms with Gasteiger partial charge in [0.25, 0.3) is 0 Å². The Balaban J connectivity index is 1.61. The molecule has 1 aliphatic rings. The van der Waals surface area contributed by atoms with E-state index < -0.39 is 0 Å². The van der Waals surface area contributed by atoms with Gasteiger partial charge in [0.2, 0.25) is 5.91 Å². The van der Waals surface area contributed by atoms with Gasteiger partial charge in [0.15, 0.2) is 0 Å². The minimum Gasteiger partial charge on any atom is -0.355 e. The van der Waals surface area contributed by atoms with Gasteiger partial charge in [-0.2, -0.15) is 0 Å². The van der Waals surface area contributed by atoms with Crippen LogP contribution >= 0.6 is 0 Å². The molecule has 2 aromatic rings. The van der Waals surface area contributed by atoms with E-state index >= 15 is 0 Å². The second-order valence-corrected chi connectivity index (χ2v) is 7.24. The first-order valence-corrected chi connectivity index (χ1v) is 10.1. The largest absolute Gasteiger partial charge is 0.355 e. The molecule has 1 amide bonds. The van der Waals surface area contributed by atoms with Crippen molar-refractivity contribution in [2.24, 2.45) is 0 Å². The second-order valence-electron chi connectivity index (χ2n) is 7.24. The molecule has 0 spiro atoms. The summed E-state index contributed by atoms with van der Waals surface area (Å²) >= 11 is 0.